The summed E-state index contributed by atoms with van der Waals surface area (Å²) in [5, 5.41) is 18.3. The van der Waals surface area contributed by atoms with E-state index >= 15 is 0 Å². The summed E-state index contributed by atoms with van der Waals surface area (Å²) in [6.07, 6.45) is 1.58. The highest BCUT2D eigenvalue weighted by Gasteiger charge is 2.13. The molecule has 0 N–H and O–H groups in total. The summed E-state index contributed by atoms with van der Waals surface area (Å²) < 4.78 is 14.6. The molecule has 0 aliphatic rings. The van der Waals surface area contributed by atoms with E-state index in [0.29, 0.717) is 5.69 Å². The lowest BCUT2D eigenvalue weighted by atomic mass is 10.2. The van der Waals surface area contributed by atoms with Crippen LogP contribution < -0.4 is 0 Å². The molecule has 0 amide bonds. The number of aromatic nitrogens is 3. The van der Waals surface area contributed by atoms with Gasteiger partial charge in [0.1, 0.15) is 5.82 Å². The van der Waals surface area contributed by atoms with Crippen molar-refractivity contribution in [3.05, 3.63) is 46.0 Å². The fourth-order valence-corrected chi connectivity index (χ4v) is 1.59. The summed E-state index contributed by atoms with van der Waals surface area (Å²) >= 11 is 3.32. The van der Waals surface area contributed by atoms with Crippen LogP contribution in [0.4, 0.5) is 10.1 Å². The van der Waals surface area contributed by atoms with Crippen molar-refractivity contribution in [2.45, 2.75) is 11.8 Å². The molecule has 0 bridgehead atoms. The van der Waals surface area contributed by atoms with E-state index in [-0.39, 0.29) is 16.2 Å². The van der Waals surface area contributed by atoms with Gasteiger partial charge in [0.2, 0.25) is 0 Å². The molecule has 8 heteroatoms. The van der Waals surface area contributed by atoms with Gasteiger partial charge in [0.15, 0.2) is 0 Å². The Bertz CT molecular complexity index is 599. The highest BCUT2D eigenvalue weighted by atomic mass is 79.9. The third kappa shape index (κ3) is 2.53. The Labute approximate surface area is 110 Å². The first-order valence-corrected chi connectivity index (χ1v) is 5.90. The fraction of sp³-hybridized carbons (Fsp3) is 0.200. The van der Waals surface area contributed by atoms with Crippen LogP contribution in [0.5, 0.6) is 0 Å². The number of hydrogen-bond donors (Lipinski definition) is 0. The van der Waals surface area contributed by atoms with Gasteiger partial charge in [0.25, 0.3) is 5.69 Å². The molecule has 1 unspecified atom stereocenters. The van der Waals surface area contributed by atoms with Crippen molar-refractivity contribution in [2.75, 3.05) is 0 Å². The molecule has 1 atom stereocenters. The Hall–Kier alpha value is -1.83. The molecule has 0 radical (unpaired) electrons. The zero-order valence-corrected chi connectivity index (χ0v) is 10.8. The molecule has 0 saturated carbocycles. The molecule has 94 valence electrons. The number of nitro groups is 1. The highest BCUT2D eigenvalue weighted by Crippen LogP contribution is 2.22. The van der Waals surface area contributed by atoms with Crippen molar-refractivity contribution in [3.63, 3.8) is 0 Å². The predicted molar refractivity (Wildman–Crippen MR) is 65.3 cm³/mol. The lowest BCUT2D eigenvalue weighted by molar-refractivity contribution is -0.385. The first-order chi connectivity index (χ1) is 8.47. The van der Waals surface area contributed by atoms with Crippen molar-refractivity contribution >= 4 is 21.6 Å². The molecule has 6 nitrogen and oxygen atoms in total. The van der Waals surface area contributed by atoms with Crippen molar-refractivity contribution in [1.29, 1.82) is 0 Å². The van der Waals surface area contributed by atoms with Gasteiger partial charge in [-0.05, 0) is 6.92 Å². The minimum atomic E-state index is -0.692. The molecule has 0 fully saturated rings. The van der Waals surface area contributed by atoms with Crippen molar-refractivity contribution in [1.82, 2.24) is 15.0 Å². The van der Waals surface area contributed by atoms with E-state index in [1.54, 1.807) is 6.20 Å². The molecule has 0 aliphatic carbocycles. The normalized spacial score (nSPS) is 12.4. The number of alkyl halides is 1. The topological polar surface area (TPSA) is 73.8 Å². The molecule has 0 saturated heterocycles. The van der Waals surface area contributed by atoms with Crippen LogP contribution in [0.3, 0.4) is 0 Å². The smallest absolute Gasteiger partial charge is 0.258 e. The van der Waals surface area contributed by atoms with Gasteiger partial charge < -0.3 is 0 Å². The van der Waals surface area contributed by atoms with Crippen LogP contribution in [-0.4, -0.2) is 19.9 Å². The maximum absolute atomic E-state index is 13.3. The summed E-state index contributed by atoms with van der Waals surface area (Å²) in [6, 6.07) is 3.25. The quantitative estimate of drug-likeness (QED) is 0.496. The van der Waals surface area contributed by atoms with Crippen molar-refractivity contribution in [2.24, 2.45) is 0 Å². The van der Waals surface area contributed by atoms with Gasteiger partial charge in [-0.3, -0.25) is 10.1 Å². The summed E-state index contributed by atoms with van der Waals surface area (Å²) in [5.41, 5.74) is 0.587. The van der Waals surface area contributed by atoms with Gasteiger partial charge >= 0.3 is 0 Å². The summed E-state index contributed by atoms with van der Waals surface area (Å²) in [6.45, 7) is 1.86. The van der Waals surface area contributed by atoms with Crippen molar-refractivity contribution < 1.29 is 9.31 Å². The minimum Gasteiger partial charge on any atom is -0.258 e. The van der Waals surface area contributed by atoms with Crippen LogP contribution >= 0.6 is 15.9 Å². The second kappa shape index (κ2) is 4.81. The summed E-state index contributed by atoms with van der Waals surface area (Å²) in [7, 11) is 0. The van der Waals surface area contributed by atoms with Gasteiger partial charge in [-0.25, -0.2) is 9.07 Å². The third-order valence-corrected chi connectivity index (χ3v) is 2.73. The average molecular weight is 315 g/mol. The Kier molecular flexibility index (Phi) is 3.37. The van der Waals surface area contributed by atoms with E-state index in [1.807, 2.05) is 6.92 Å². The molecule has 1 aromatic carbocycles. The Morgan fingerprint density at radius 2 is 2.22 bits per heavy atom. The second-order valence-corrected chi connectivity index (χ2v) is 5.00. The molecule has 1 aromatic heterocycles. The zero-order valence-electron chi connectivity index (χ0n) is 9.25. The van der Waals surface area contributed by atoms with E-state index in [2.05, 4.69) is 26.2 Å². The molecule has 2 aromatic rings. The van der Waals surface area contributed by atoms with E-state index in [4.69, 9.17) is 0 Å². The monoisotopic (exact) mass is 314 g/mol. The fourth-order valence-electron chi connectivity index (χ4n) is 1.38. The van der Waals surface area contributed by atoms with Gasteiger partial charge in [0, 0.05) is 12.1 Å². The van der Waals surface area contributed by atoms with Gasteiger partial charge in [0.05, 0.1) is 33.4 Å². The van der Waals surface area contributed by atoms with Crippen LogP contribution in [0.25, 0.3) is 5.69 Å². The molecule has 0 aliphatic heterocycles. The zero-order chi connectivity index (χ0) is 13.3. The molecule has 18 heavy (non-hydrogen) atoms. The third-order valence-electron chi connectivity index (χ3n) is 2.26. The number of benzene rings is 1. The highest BCUT2D eigenvalue weighted by molar-refractivity contribution is 9.09. The second-order valence-electron chi connectivity index (χ2n) is 3.63. The molecule has 2 rings (SSSR count). The van der Waals surface area contributed by atoms with E-state index in [1.165, 1.54) is 10.7 Å². The van der Waals surface area contributed by atoms with Crippen molar-refractivity contribution in [3.8, 4) is 5.69 Å². The van der Waals surface area contributed by atoms with Gasteiger partial charge in [-0.1, -0.05) is 21.1 Å². The van der Waals surface area contributed by atoms with E-state index < -0.39 is 10.7 Å². The van der Waals surface area contributed by atoms with Crippen LogP contribution in [0.2, 0.25) is 0 Å². The number of nitrogens with zero attached hydrogens (tertiary/aromatic N) is 4. The Balaban J connectivity index is 2.46. The van der Waals surface area contributed by atoms with Crippen LogP contribution in [0.15, 0.2) is 24.4 Å². The summed E-state index contributed by atoms with van der Waals surface area (Å²) in [5.74, 6) is -0.692. The lowest BCUT2D eigenvalue weighted by Gasteiger charge is -2.00. The standard InChI is InChI=1S/C10H8BrFN4O2/c1-6(11)10-5-15(14-13-10)8-2-7(12)3-9(4-8)16(17)18/h2-6H,1H3. The predicted octanol–water partition coefficient (Wildman–Crippen LogP) is 2.77. The van der Waals surface area contributed by atoms with Gasteiger partial charge in [-0.15, -0.1) is 5.10 Å². The minimum absolute atomic E-state index is 0.00482. The molecule has 1 heterocycles. The molecule has 0 spiro atoms. The Morgan fingerprint density at radius 3 is 2.78 bits per heavy atom. The largest absolute Gasteiger partial charge is 0.274 e. The van der Waals surface area contributed by atoms with E-state index in [0.717, 1.165) is 12.1 Å². The maximum Gasteiger partial charge on any atom is 0.274 e. The average Bonchev–Trinajstić information content (AvgIpc) is 2.77. The maximum atomic E-state index is 13.3. The summed E-state index contributed by atoms with van der Waals surface area (Å²) in [4.78, 5) is 9.98. The van der Waals surface area contributed by atoms with Gasteiger partial charge in [-0.2, -0.15) is 0 Å². The Morgan fingerprint density at radius 1 is 1.50 bits per heavy atom. The number of rotatable bonds is 3. The first-order valence-electron chi connectivity index (χ1n) is 4.99. The first kappa shape index (κ1) is 12.6. The molecular weight excluding hydrogens is 307 g/mol. The number of hydrogen-bond acceptors (Lipinski definition) is 4. The number of halogens is 2. The van der Waals surface area contributed by atoms with Crippen LogP contribution in [0.1, 0.15) is 17.4 Å². The lowest BCUT2D eigenvalue weighted by Crippen LogP contribution is -1.98. The van der Waals surface area contributed by atoms with Crippen LogP contribution in [-0.2, 0) is 0 Å². The number of nitro benzene ring substituents is 1. The van der Waals surface area contributed by atoms with Crippen LogP contribution in [0, 0.1) is 15.9 Å². The SMILES string of the molecule is CC(Br)c1cn(-c2cc(F)cc([N+](=O)[O-])c2)nn1. The van der Waals surface area contributed by atoms with E-state index in [9.17, 15) is 14.5 Å². The molecular formula is C10H8BrFN4O2. The number of non-ortho nitro benzene ring substituents is 1.